The Bertz CT molecular complexity index is 778. The minimum atomic E-state index is -1.79. The molecule has 0 saturated heterocycles. The van der Waals surface area contributed by atoms with Crippen LogP contribution in [0.15, 0.2) is 53.4 Å². The topological polar surface area (TPSA) is 127 Å². The summed E-state index contributed by atoms with van der Waals surface area (Å²) in [7, 11) is 0. The van der Waals surface area contributed by atoms with Crippen LogP contribution in [0.3, 0.4) is 0 Å². The van der Waals surface area contributed by atoms with Gasteiger partial charge in [0, 0.05) is 6.07 Å². The van der Waals surface area contributed by atoms with Crippen molar-refractivity contribution in [2.24, 2.45) is 0 Å². The molecule has 0 heterocycles. The normalized spacial score (nSPS) is 12.8. The van der Waals surface area contributed by atoms with Gasteiger partial charge in [-0.15, -0.1) is 11.8 Å². The molecule has 0 aromatic heterocycles. The third-order valence-electron chi connectivity index (χ3n) is 3.25. The number of nitrogens with zero attached hydrogens (tertiary/aromatic N) is 1. The lowest BCUT2D eigenvalue weighted by molar-refractivity contribution is -0.387. The second-order valence-corrected chi connectivity index (χ2v) is 6.01. The molecule has 0 amide bonds. The second-order valence-electron chi connectivity index (χ2n) is 4.83. The van der Waals surface area contributed by atoms with Crippen LogP contribution in [0.5, 0.6) is 5.75 Å². The average molecular weight is 363 g/mol. The lowest BCUT2D eigenvalue weighted by Crippen LogP contribution is -2.26. The molecule has 8 nitrogen and oxygen atoms in total. The van der Waals surface area contributed by atoms with Gasteiger partial charge in [0.2, 0.25) is 0 Å². The van der Waals surface area contributed by atoms with Crippen LogP contribution in [0.4, 0.5) is 5.69 Å². The summed E-state index contributed by atoms with van der Waals surface area (Å²) in [5.74, 6) is -1.21. The van der Waals surface area contributed by atoms with Crippen LogP contribution in [-0.4, -0.2) is 33.7 Å². The zero-order valence-corrected chi connectivity index (χ0v) is 13.5. The third kappa shape index (κ3) is 4.55. The number of benzene rings is 2. The highest BCUT2D eigenvalue weighted by Crippen LogP contribution is 2.42. The smallest absolute Gasteiger partial charge is 0.334 e. The van der Waals surface area contributed by atoms with Crippen molar-refractivity contribution in [1.82, 2.24) is 0 Å². The summed E-state index contributed by atoms with van der Waals surface area (Å²) < 4.78 is 4.66. The molecule has 0 fully saturated rings. The summed E-state index contributed by atoms with van der Waals surface area (Å²) >= 11 is 0.870. The lowest BCUT2D eigenvalue weighted by Gasteiger charge is -2.20. The number of rotatable bonds is 8. The molecule has 9 heteroatoms. The Balaban J connectivity index is 2.38. The number of hydrogen-bond acceptors (Lipinski definition) is 7. The van der Waals surface area contributed by atoms with Crippen molar-refractivity contribution >= 4 is 29.9 Å². The fourth-order valence-electron chi connectivity index (χ4n) is 2.08. The molecule has 0 aliphatic heterocycles. The van der Waals surface area contributed by atoms with Crippen LogP contribution in [0.25, 0.3) is 0 Å². The summed E-state index contributed by atoms with van der Waals surface area (Å²) in [6, 6.07) is 11.7. The van der Waals surface area contributed by atoms with Crippen molar-refractivity contribution in [2.45, 2.75) is 16.2 Å². The van der Waals surface area contributed by atoms with Crippen molar-refractivity contribution in [2.75, 3.05) is 0 Å². The number of thioether (sulfide) groups is 1. The van der Waals surface area contributed by atoms with Crippen molar-refractivity contribution in [3.63, 3.8) is 0 Å². The number of carboxylic acids is 1. The van der Waals surface area contributed by atoms with Crippen molar-refractivity contribution in [3.05, 3.63) is 64.2 Å². The van der Waals surface area contributed by atoms with Crippen LogP contribution < -0.4 is 4.74 Å². The Morgan fingerprint density at radius 1 is 1.20 bits per heavy atom. The molecular weight excluding hydrogens is 350 g/mol. The molecule has 2 N–H and O–H groups in total. The van der Waals surface area contributed by atoms with E-state index in [1.54, 1.807) is 6.07 Å². The van der Waals surface area contributed by atoms with Gasteiger partial charge >= 0.3 is 5.97 Å². The van der Waals surface area contributed by atoms with E-state index in [9.17, 15) is 24.8 Å². The molecule has 0 aliphatic carbocycles. The van der Waals surface area contributed by atoms with Crippen LogP contribution >= 0.6 is 11.8 Å². The number of ether oxygens (including phenoxy) is 1. The van der Waals surface area contributed by atoms with Crippen molar-refractivity contribution in [1.29, 1.82) is 0 Å². The van der Waals surface area contributed by atoms with E-state index in [4.69, 9.17) is 5.11 Å². The Morgan fingerprint density at radius 2 is 1.84 bits per heavy atom. The molecule has 130 valence electrons. The molecule has 2 atom stereocenters. The molecule has 2 aromatic carbocycles. The number of carbonyl (C=O) groups excluding carboxylic acids is 1. The van der Waals surface area contributed by atoms with Crippen LogP contribution in [0.1, 0.15) is 10.8 Å². The minimum absolute atomic E-state index is 0.184. The summed E-state index contributed by atoms with van der Waals surface area (Å²) in [6.07, 6.45) is -1.79. The summed E-state index contributed by atoms with van der Waals surface area (Å²) in [6.45, 7) is 0.251. The Labute approximate surface area is 146 Å². The maximum Gasteiger partial charge on any atom is 0.334 e. The largest absolute Gasteiger partial charge is 0.479 e. The van der Waals surface area contributed by atoms with Gasteiger partial charge in [0.05, 0.1) is 15.1 Å². The standard InChI is InChI=1S/C16H13NO7S/c18-9-24-11-7-5-10(6-8-11)15(14(19)16(20)21)25-13-4-2-1-3-12(13)17(22)23/h1-9,14-15,19H,(H,20,21). The van der Waals surface area contributed by atoms with Gasteiger partial charge < -0.3 is 14.9 Å². The van der Waals surface area contributed by atoms with E-state index in [2.05, 4.69) is 4.74 Å². The molecule has 0 spiro atoms. The first-order chi connectivity index (χ1) is 11.9. The quantitative estimate of drug-likeness (QED) is 0.317. The van der Waals surface area contributed by atoms with Gasteiger partial charge in [-0.3, -0.25) is 14.9 Å². The van der Waals surface area contributed by atoms with E-state index < -0.39 is 22.2 Å². The van der Waals surface area contributed by atoms with Gasteiger partial charge in [-0.1, -0.05) is 24.3 Å². The van der Waals surface area contributed by atoms with E-state index in [0.717, 1.165) is 11.8 Å². The Hall–Kier alpha value is -2.91. The predicted octanol–water partition coefficient (Wildman–Crippen LogP) is 2.41. The number of aliphatic carboxylic acids is 1. The summed E-state index contributed by atoms with van der Waals surface area (Å²) in [5, 5.41) is 29.3. The van der Waals surface area contributed by atoms with Crippen LogP contribution in [0.2, 0.25) is 0 Å². The zero-order valence-electron chi connectivity index (χ0n) is 12.6. The number of carboxylic acid groups (broad SMARTS) is 1. The minimum Gasteiger partial charge on any atom is -0.479 e. The first kappa shape index (κ1) is 18.4. The summed E-state index contributed by atoms with van der Waals surface area (Å²) in [4.78, 5) is 32.3. The highest BCUT2D eigenvalue weighted by molar-refractivity contribution is 7.99. The van der Waals surface area contributed by atoms with Crippen molar-refractivity contribution in [3.8, 4) is 5.75 Å². The number of aliphatic hydroxyl groups is 1. The number of hydrogen-bond donors (Lipinski definition) is 2. The van der Waals surface area contributed by atoms with Gasteiger partial charge in [0.1, 0.15) is 5.75 Å². The number of nitro benzene ring substituents is 1. The molecule has 2 unspecified atom stereocenters. The van der Waals surface area contributed by atoms with Gasteiger partial charge in [-0.2, -0.15) is 0 Å². The van der Waals surface area contributed by atoms with E-state index in [1.807, 2.05) is 0 Å². The maximum absolute atomic E-state index is 11.2. The molecule has 2 rings (SSSR count). The van der Waals surface area contributed by atoms with Gasteiger partial charge in [0.15, 0.2) is 6.10 Å². The fraction of sp³-hybridized carbons (Fsp3) is 0.125. The van der Waals surface area contributed by atoms with E-state index >= 15 is 0 Å². The van der Waals surface area contributed by atoms with Crippen LogP contribution in [-0.2, 0) is 9.59 Å². The van der Waals surface area contributed by atoms with Gasteiger partial charge in [-0.05, 0) is 23.8 Å². The molecule has 2 aromatic rings. The monoisotopic (exact) mass is 363 g/mol. The van der Waals surface area contributed by atoms with Gasteiger partial charge in [0.25, 0.3) is 12.2 Å². The van der Waals surface area contributed by atoms with E-state index in [0.29, 0.717) is 5.56 Å². The van der Waals surface area contributed by atoms with Crippen LogP contribution in [0, 0.1) is 10.1 Å². The molecule has 0 bridgehead atoms. The number of aliphatic hydroxyl groups excluding tert-OH is 1. The van der Waals surface area contributed by atoms with E-state index in [1.165, 1.54) is 42.5 Å². The SMILES string of the molecule is O=COc1ccc(C(Sc2ccccc2[N+](=O)[O-])C(O)C(=O)O)cc1. The Morgan fingerprint density at radius 3 is 2.40 bits per heavy atom. The predicted molar refractivity (Wildman–Crippen MR) is 88.5 cm³/mol. The molecular formula is C16H13NO7S. The molecule has 0 saturated carbocycles. The van der Waals surface area contributed by atoms with Gasteiger partial charge in [-0.25, -0.2) is 4.79 Å². The molecule has 0 aliphatic rings. The Kier molecular flexibility index (Phi) is 6.09. The molecule has 25 heavy (non-hydrogen) atoms. The molecule has 0 radical (unpaired) electrons. The third-order valence-corrected chi connectivity index (χ3v) is 4.63. The highest BCUT2D eigenvalue weighted by Gasteiger charge is 2.30. The number of nitro groups is 1. The first-order valence-corrected chi connectivity index (χ1v) is 7.83. The highest BCUT2D eigenvalue weighted by atomic mass is 32.2. The maximum atomic E-state index is 11.2. The average Bonchev–Trinajstić information content (AvgIpc) is 2.60. The first-order valence-electron chi connectivity index (χ1n) is 6.95. The second kappa shape index (κ2) is 8.27. The lowest BCUT2D eigenvalue weighted by atomic mass is 10.1. The zero-order chi connectivity index (χ0) is 18.4. The summed E-state index contributed by atoms with van der Waals surface area (Å²) in [5.41, 5.74) is 0.229. The fourth-order valence-corrected chi connectivity index (χ4v) is 3.31. The number of carbonyl (C=O) groups is 2. The van der Waals surface area contributed by atoms with E-state index in [-0.39, 0.29) is 22.8 Å². The number of para-hydroxylation sites is 1. The van der Waals surface area contributed by atoms with Crippen molar-refractivity contribution < 1.29 is 29.5 Å².